The topological polar surface area (TPSA) is 34.1 Å². The van der Waals surface area contributed by atoms with Crippen LogP contribution in [0.5, 0.6) is 11.5 Å². The maximum atomic E-state index is 5.83. The van der Waals surface area contributed by atoms with E-state index >= 15 is 0 Å². The fourth-order valence-electron chi connectivity index (χ4n) is 1.93. The first-order valence-corrected chi connectivity index (χ1v) is 7.62. The van der Waals surface area contributed by atoms with E-state index in [1.54, 1.807) is 6.20 Å². The highest BCUT2D eigenvalue weighted by molar-refractivity contribution is 9.10. The summed E-state index contributed by atoms with van der Waals surface area (Å²) in [6.45, 7) is 2.87. The van der Waals surface area contributed by atoms with Gasteiger partial charge in [-0.3, -0.25) is 4.98 Å². The van der Waals surface area contributed by atoms with Crippen molar-refractivity contribution in [2.24, 2.45) is 0 Å². The Morgan fingerprint density at radius 1 is 1.30 bits per heavy atom. The minimum atomic E-state index is 0.725. The summed E-state index contributed by atoms with van der Waals surface area (Å²) in [5.74, 6) is 1.56. The molecule has 0 atom stereocenters. The monoisotopic (exact) mass is 332 g/mol. The third-order valence-corrected chi connectivity index (χ3v) is 3.90. The predicted octanol–water partition coefficient (Wildman–Crippen LogP) is 4.20. The Labute approximate surface area is 127 Å². The van der Waals surface area contributed by atoms with Gasteiger partial charge in [0.1, 0.15) is 11.5 Å². The van der Waals surface area contributed by atoms with Crippen molar-refractivity contribution in [2.45, 2.75) is 32.4 Å². The fourth-order valence-corrected chi connectivity index (χ4v) is 2.44. The van der Waals surface area contributed by atoms with Gasteiger partial charge in [-0.05, 0) is 65.5 Å². The van der Waals surface area contributed by atoms with Crippen LogP contribution in [0.15, 0.2) is 41.0 Å². The number of rotatable bonds is 5. The lowest BCUT2D eigenvalue weighted by Gasteiger charge is -2.10. The van der Waals surface area contributed by atoms with Crippen LogP contribution in [-0.4, -0.2) is 11.0 Å². The van der Waals surface area contributed by atoms with E-state index in [1.165, 1.54) is 18.4 Å². The molecule has 0 spiro atoms. The van der Waals surface area contributed by atoms with E-state index in [-0.39, 0.29) is 0 Å². The average molecular weight is 333 g/mol. The number of benzene rings is 1. The maximum Gasteiger partial charge on any atom is 0.145 e. The average Bonchev–Trinajstić information content (AvgIpc) is 3.26. The number of hydrogen-bond donors (Lipinski definition) is 1. The summed E-state index contributed by atoms with van der Waals surface area (Å²) in [6.07, 6.45) is 4.36. The summed E-state index contributed by atoms with van der Waals surface area (Å²) in [5, 5.41) is 3.50. The highest BCUT2D eigenvalue weighted by Gasteiger charge is 2.20. The van der Waals surface area contributed by atoms with Crippen LogP contribution in [-0.2, 0) is 6.54 Å². The van der Waals surface area contributed by atoms with Gasteiger partial charge in [-0.15, -0.1) is 0 Å². The summed E-state index contributed by atoms with van der Waals surface area (Å²) in [4.78, 5) is 4.23. The van der Waals surface area contributed by atoms with Crippen LogP contribution >= 0.6 is 15.9 Å². The van der Waals surface area contributed by atoms with Gasteiger partial charge < -0.3 is 10.1 Å². The van der Waals surface area contributed by atoms with E-state index < -0.39 is 0 Å². The molecule has 1 aliphatic carbocycles. The highest BCUT2D eigenvalue weighted by Crippen LogP contribution is 2.30. The normalized spacial score (nSPS) is 14.3. The van der Waals surface area contributed by atoms with Crippen molar-refractivity contribution in [2.75, 3.05) is 0 Å². The number of ether oxygens (including phenoxy) is 1. The van der Waals surface area contributed by atoms with Crippen molar-refractivity contribution >= 4 is 15.9 Å². The van der Waals surface area contributed by atoms with Crippen LogP contribution in [0.4, 0.5) is 0 Å². The standard InChI is InChI=1S/C16H17BrN2O/c1-11-2-6-14(10-18-11)20-16-7-3-12(8-15(16)17)9-19-13-4-5-13/h2-3,6-8,10,13,19H,4-5,9H2,1H3. The Balaban J connectivity index is 1.68. The molecule has 1 saturated carbocycles. The van der Waals surface area contributed by atoms with Crippen molar-refractivity contribution in [1.29, 1.82) is 0 Å². The van der Waals surface area contributed by atoms with Gasteiger partial charge in [0.2, 0.25) is 0 Å². The number of nitrogens with one attached hydrogen (secondary N) is 1. The second kappa shape index (κ2) is 5.94. The molecule has 0 aliphatic heterocycles. The molecule has 20 heavy (non-hydrogen) atoms. The minimum absolute atomic E-state index is 0.725. The zero-order valence-corrected chi connectivity index (χ0v) is 13.0. The fraction of sp³-hybridized carbons (Fsp3) is 0.312. The Hall–Kier alpha value is -1.39. The van der Waals surface area contributed by atoms with Crippen molar-refractivity contribution in [3.63, 3.8) is 0 Å². The number of aromatic nitrogens is 1. The molecule has 0 radical (unpaired) electrons. The third kappa shape index (κ3) is 3.58. The van der Waals surface area contributed by atoms with E-state index in [2.05, 4.69) is 38.4 Å². The SMILES string of the molecule is Cc1ccc(Oc2ccc(CNC3CC3)cc2Br)cn1. The zero-order chi connectivity index (χ0) is 13.9. The largest absolute Gasteiger partial charge is 0.455 e. The number of hydrogen-bond acceptors (Lipinski definition) is 3. The van der Waals surface area contributed by atoms with Gasteiger partial charge in [0, 0.05) is 18.3 Å². The van der Waals surface area contributed by atoms with Crippen molar-refractivity contribution in [3.05, 3.63) is 52.3 Å². The first-order chi connectivity index (χ1) is 9.70. The van der Waals surface area contributed by atoms with Crippen molar-refractivity contribution in [3.8, 4) is 11.5 Å². The van der Waals surface area contributed by atoms with E-state index in [1.807, 2.05) is 25.1 Å². The second-order valence-electron chi connectivity index (χ2n) is 5.16. The minimum Gasteiger partial charge on any atom is -0.455 e. The van der Waals surface area contributed by atoms with Gasteiger partial charge in [0.25, 0.3) is 0 Å². The van der Waals surface area contributed by atoms with Crippen LogP contribution in [0.2, 0.25) is 0 Å². The third-order valence-electron chi connectivity index (χ3n) is 3.28. The van der Waals surface area contributed by atoms with Crippen LogP contribution in [0, 0.1) is 6.92 Å². The number of nitrogens with zero attached hydrogens (tertiary/aromatic N) is 1. The molecule has 0 bridgehead atoms. The molecule has 4 heteroatoms. The highest BCUT2D eigenvalue weighted by atomic mass is 79.9. The van der Waals surface area contributed by atoms with Crippen LogP contribution < -0.4 is 10.1 Å². The smallest absolute Gasteiger partial charge is 0.145 e. The summed E-state index contributed by atoms with van der Waals surface area (Å²) in [5.41, 5.74) is 2.25. The summed E-state index contributed by atoms with van der Waals surface area (Å²) >= 11 is 3.57. The van der Waals surface area contributed by atoms with Gasteiger partial charge in [0.15, 0.2) is 0 Å². The molecule has 0 amide bonds. The Morgan fingerprint density at radius 2 is 2.15 bits per heavy atom. The first kappa shape index (κ1) is 13.6. The summed E-state index contributed by atoms with van der Waals surface area (Å²) in [7, 11) is 0. The molecule has 3 rings (SSSR count). The summed E-state index contributed by atoms with van der Waals surface area (Å²) in [6, 6.07) is 10.8. The van der Waals surface area contributed by atoms with Gasteiger partial charge in [-0.2, -0.15) is 0 Å². The molecule has 1 aromatic heterocycles. The molecule has 0 unspecified atom stereocenters. The quantitative estimate of drug-likeness (QED) is 0.891. The lowest BCUT2D eigenvalue weighted by atomic mass is 10.2. The molecule has 1 aliphatic rings. The van der Waals surface area contributed by atoms with Crippen LogP contribution in [0.1, 0.15) is 24.1 Å². The lowest BCUT2D eigenvalue weighted by molar-refractivity contribution is 0.476. The molecule has 2 aromatic rings. The van der Waals surface area contributed by atoms with Crippen molar-refractivity contribution < 1.29 is 4.74 Å². The van der Waals surface area contributed by atoms with Crippen LogP contribution in [0.3, 0.4) is 0 Å². The molecule has 1 aromatic carbocycles. The van der Waals surface area contributed by atoms with Gasteiger partial charge >= 0.3 is 0 Å². The van der Waals surface area contributed by atoms with E-state index in [0.717, 1.165) is 34.3 Å². The number of halogens is 1. The Bertz CT molecular complexity index is 594. The molecule has 1 heterocycles. The van der Waals surface area contributed by atoms with E-state index in [0.29, 0.717) is 0 Å². The van der Waals surface area contributed by atoms with Crippen molar-refractivity contribution in [1.82, 2.24) is 10.3 Å². The van der Waals surface area contributed by atoms with E-state index in [4.69, 9.17) is 4.74 Å². The molecule has 3 nitrogen and oxygen atoms in total. The number of aryl methyl sites for hydroxylation is 1. The molecule has 1 fully saturated rings. The lowest BCUT2D eigenvalue weighted by Crippen LogP contribution is -2.15. The predicted molar refractivity (Wildman–Crippen MR) is 83.1 cm³/mol. The summed E-state index contributed by atoms with van der Waals surface area (Å²) < 4.78 is 6.79. The Morgan fingerprint density at radius 3 is 2.80 bits per heavy atom. The van der Waals surface area contributed by atoms with Gasteiger partial charge in [-0.25, -0.2) is 0 Å². The molecule has 1 N–H and O–H groups in total. The second-order valence-corrected chi connectivity index (χ2v) is 6.01. The zero-order valence-electron chi connectivity index (χ0n) is 11.4. The molecular weight excluding hydrogens is 316 g/mol. The molecule has 104 valence electrons. The number of pyridine rings is 1. The maximum absolute atomic E-state index is 5.83. The molecule has 0 saturated heterocycles. The Kier molecular flexibility index (Phi) is 4.03. The van der Waals surface area contributed by atoms with E-state index in [9.17, 15) is 0 Å². The van der Waals surface area contributed by atoms with Gasteiger partial charge in [0.05, 0.1) is 10.7 Å². The molecular formula is C16H17BrN2O. The van der Waals surface area contributed by atoms with Gasteiger partial charge in [-0.1, -0.05) is 6.07 Å². The first-order valence-electron chi connectivity index (χ1n) is 6.83. The van der Waals surface area contributed by atoms with Crippen LogP contribution in [0.25, 0.3) is 0 Å².